The van der Waals surface area contributed by atoms with Crippen LogP contribution in [-0.4, -0.2) is 193 Å². The zero-order chi connectivity index (χ0) is 63.3. The minimum Gasteiger partial charge on any atom is -0.394 e. The maximum absolute atomic E-state index is 13.4. The highest BCUT2D eigenvalue weighted by Gasteiger charge is 2.53. The summed E-state index contributed by atoms with van der Waals surface area (Å²) in [4.78, 5) is 13.4. The molecule has 0 aromatic heterocycles. The molecule has 3 rings (SSSR count). The Morgan fingerprint density at radius 1 is 0.425 bits per heavy atom. The van der Waals surface area contributed by atoms with Crippen molar-refractivity contribution in [3.63, 3.8) is 0 Å². The molecule has 0 spiro atoms. The van der Waals surface area contributed by atoms with Crippen molar-refractivity contribution in [1.29, 1.82) is 0 Å². The highest BCUT2D eigenvalue weighted by molar-refractivity contribution is 5.76. The van der Waals surface area contributed by atoms with Crippen LogP contribution < -0.4 is 5.32 Å². The largest absolute Gasteiger partial charge is 0.394 e. The average Bonchev–Trinajstić information content (AvgIpc) is 2.97. The van der Waals surface area contributed by atoms with Gasteiger partial charge in [-0.15, -0.1) is 0 Å². The zero-order valence-corrected chi connectivity index (χ0v) is 53.2. The van der Waals surface area contributed by atoms with E-state index in [0.717, 1.165) is 77.0 Å². The van der Waals surface area contributed by atoms with Crippen LogP contribution in [-0.2, 0) is 33.2 Å². The van der Waals surface area contributed by atoms with Crippen LogP contribution in [0.4, 0.5) is 0 Å². The molecule has 0 aliphatic carbocycles. The molecule has 0 radical (unpaired) electrons. The Hall–Kier alpha value is -2.51. The molecule has 87 heavy (non-hydrogen) atoms. The van der Waals surface area contributed by atoms with Crippen molar-refractivity contribution in [2.24, 2.45) is 0 Å². The average molecular weight is 1240 g/mol. The number of amides is 1. The molecule has 19 heteroatoms. The molecule has 3 fully saturated rings. The quantitative estimate of drug-likeness (QED) is 0.0201. The summed E-state index contributed by atoms with van der Waals surface area (Å²) >= 11 is 0. The number of nitrogens with one attached hydrogen (secondary N) is 1. The van der Waals surface area contributed by atoms with Crippen LogP contribution in [0.2, 0.25) is 0 Å². The van der Waals surface area contributed by atoms with Gasteiger partial charge < -0.3 is 89.9 Å². The first-order chi connectivity index (χ1) is 42.3. The van der Waals surface area contributed by atoms with Gasteiger partial charge in [0, 0.05) is 6.42 Å². The fourth-order valence-corrected chi connectivity index (χ4v) is 11.3. The smallest absolute Gasteiger partial charge is 0.220 e. The molecule has 0 bridgehead atoms. The van der Waals surface area contributed by atoms with E-state index in [0.29, 0.717) is 6.42 Å². The summed E-state index contributed by atoms with van der Waals surface area (Å²) < 4.78 is 34.3. The molecule has 19 nitrogen and oxygen atoms in total. The van der Waals surface area contributed by atoms with E-state index in [2.05, 4.69) is 67.8 Å². The lowest BCUT2D eigenvalue weighted by atomic mass is 9.96. The van der Waals surface area contributed by atoms with Gasteiger partial charge in [-0.3, -0.25) is 4.79 Å². The van der Waals surface area contributed by atoms with Crippen molar-refractivity contribution in [3.05, 3.63) is 60.8 Å². The Morgan fingerprint density at radius 3 is 1.24 bits per heavy atom. The molecule has 3 aliphatic rings. The van der Waals surface area contributed by atoms with Gasteiger partial charge >= 0.3 is 0 Å². The van der Waals surface area contributed by atoms with E-state index in [1.165, 1.54) is 128 Å². The highest BCUT2D eigenvalue weighted by atomic mass is 16.8. The van der Waals surface area contributed by atoms with E-state index in [4.69, 9.17) is 28.4 Å². The van der Waals surface area contributed by atoms with Gasteiger partial charge in [0.1, 0.15) is 73.2 Å². The number of hydrogen-bond acceptors (Lipinski definition) is 18. The van der Waals surface area contributed by atoms with Crippen LogP contribution in [0, 0.1) is 0 Å². The summed E-state index contributed by atoms with van der Waals surface area (Å²) in [5.41, 5.74) is 0. The van der Waals surface area contributed by atoms with Gasteiger partial charge in [-0.25, -0.2) is 0 Å². The molecule has 0 aromatic carbocycles. The maximum Gasteiger partial charge on any atom is 0.220 e. The number of carbonyl (C=O) groups excluding carboxylic acids is 1. The fourth-order valence-electron chi connectivity index (χ4n) is 11.3. The summed E-state index contributed by atoms with van der Waals surface area (Å²) in [5, 5.41) is 120. The molecule has 1 amide bonds. The molecule has 12 N–H and O–H groups in total. The first kappa shape index (κ1) is 78.7. The normalized spacial score (nSPS) is 29.0. The van der Waals surface area contributed by atoms with E-state index >= 15 is 0 Å². The lowest BCUT2D eigenvalue weighted by Gasteiger charge is -2.48. The summed E-state index contributed by atoms with van der Waals surface area (Å²) in [5.74, 6) is -0.299. The zero-order valence-electron chi connectivity index (χ0n) is 53.2. The molecule has 0 aromatic rings. The summed E-state index contributed by atoms with van der Waals surface area (Å²) in [6.45, 7) is 1.61. The van der Waals surface area contributed by atoms with Crippen LogP contribution in [0.5, 0.6) is 0 Å². The Bertz CT molecular complexity index is 1820. The van der Waals surface area contributed by atoms with Gasteiger partial charge in [-0.05, 0) is 57.8 Å². The van der Waals surface area contributed by atoms with Gasteiger partial charge in [0.15, 0.2) is 18.9 Å². The van der Waals surface area contributed by atoms with E-state index in [1.807, 2.05) is 6.08 Å². The number of ether oxygens (including phenoxy) is 6. The first-order valence-electron chi connectivity index (χ1n) is 34.0. The first-order valence-corrected chi connectivity index (χ1v) is 34.0. The van der Waals surface area contributed by atoms with Gasteiger partial charge in [-0.2, -0.15) is 0 Å². The predicted octanol–water partition coefficient (Wildman–Crippen LogP) is 8.38. The van der Waals surface area contributed by atoms with Crippen LogP contribution in [0.15, 0.2) is 60.8 Å². The van der Waals surface area contributed by atoms with Crippen LogP contribution in [0.3, 0.4) is 0 Å². The third-order valence-corrected chi connectivity index (χ3v) is 16.8. The summed E-state index contributed by atoms with van der Waals surface area (Å²) in [6.07, 6.45) is 33.4. The number of aliphatic hydroxyl groups is 11. The molecule has 17 atom stereocenters. The number of carbonyl (C=O) groups is 1. The SMILES string of the molecule is CC/C=C\C/C=C\C/C=C\C/C=C\CCCCCCC(=O)NC(COC1OC(CO)C(OC2OC(CO)C(OC3OC(CO)C(O)C(O)C3O)C(O)C2O)C(O)C1O)C(O)/C=C/CCCCCCCCCCCCCCCCCCCCCCCCC. The second kappa shape index (κ2) is 50.1. The van der Waals surface area contributed by atoms with E-state index in [1.54, 1.807) is 6.08 Å². The number of aliphatic hydroxyl groups excluding tert-OH is 11. The maximum atomic E-state index is 13.4. The predicted molar refractivity (Wildman–Crippen MR) is 337 cm³/mol. The van der Waals surface area contributed by atoms with Crippen molar-refractivity contribution in [3.8, 4) is 0 Å². The topological polar surface area (TPSA) is 307 Å². The van der Waals surface area contributed by atoms with Crippen LogP contribution >= 0.6 is 0 Å². The Balaban J connectivity index is 1.45. The van der Waals surface area contributed by atoms with Gasteiger partial charge in [-0.1, -0.05) is 229 Å². The highest BCUT2D eigenvalue weighted by Crippen LogP contribution is 2.33. The van der Waals surface area contributed by atoms with Gasteiger partial charge in [0.05, 0.1) is 38.6 Å². The monoisotopic (exact) mass is 1240 g/mol. The Morgan fingerprint density at radius 2 is 0.793 bits per heavy atom. The number of allylic oxidation sites excluding steroid dienone is 9. The van der Waals surface area contributed by atoms with E-state index in [9.17, 15) is 61.0 Å². The minimum absolute atomic E-state index is 0.213. The minimum atomic E-state index is -1.98. The number of rotatable bonds is 51. The standard InChI is InChI=1S/C68H121NO18/c1-3-5-7-9-11-13-15-17-19-21-22-23-24-25-26-27-28-30-31-33-35-37-39-41-43-45-52(73)51(69-56(74)46-44-42-40-38-36-34-32-29-20-18-16-14-12-10-8-6-4-2)50-82-66-62(80)59(77)64(54(48-71)84-66)87-68-63(81)60(78)65(55(49-72)85-68)86-67-61(79)58(76)57(75)53(47-70)83-67/h6,8,12,14,18,20,32,34,43,45,51-55,57-68,70-73,75-81H,3-5,7,9-11,13,15-17,19,21-31,33,35-42,44,46-50H2,1-2H3,(H,69,74)/b8-6-,14-12-,20-18-,34-32-,45-43+. The van der Waals surface area contributed by atoms with Crippen molar-refractivity contribution < 1.29 is 89.4 Å². The lowest BCUT2D eigenvalue weighted by molar-refractivity contribution is -0.379. The van der Waals surface area contributed by atoms with Crippen molar-refractivity contribution in [1.82, 2.24) is 5.32 Å². The van der Waals surface area contributed by atoms with Gasteiger partial charge in [0.25, 0.3) is 0 Å². The van der Waals surface area contributed by atoms with Crippen LogP contribution in [0.25, 0.3) is 0 Å². The molecule has 3 heterocycles. The Kier molecular flexibility index (Phi) is 45.3. The second-order valence-corrected chi connectivity index (χ2v) is 24.3. The van der Waals surface area contributed by atoms with Crippen molar-refractivity contribution >= 4 is 5.91 Å². The Labute approximate surface area is 522 Å². The molecule has 3 aliphatic heterocycles. The van der Waals surface area contributed by atoms with Crippen LogP contribution in [0.1, 0.15) is 232 Å². The molecule has 506 valence electrons. The second-order valence-electron chi connectivity index (χ2n) is 24.3. The third kappa shape index (κ3) is 32.6. The van der Waals surface area contributed by atoms with E-state index in [-0.39, 0.29) is 18.9 Å². The lowest BCUT2D eigenvalue weighted by Crippen LogP contribution is -2.66. The molecule has 17 unspecified atom stereocenters. The van der Waals surface area contributed by atoms with Crippen molar-refractivity contribution in [2.75, 3.05) is 26.4 Å². The molecular weight excluding hydrogens is 1120 g/mol. The fraction of sp³-hybridized carbons (Fsp3) is 0.838. The summed E-state index contributed by atoms with van der Waals surface area (Å²) in [7, 11) is 0. The number of unbranched alkanes of at least 4 members (excludes halogenated alkanes) is 27. The molecular formula is C68H121NO18. The van der Waals surface area contributed by atoms with Gasteiger partial charge in [0.2, 0.25) is 5.91 Å². The van der Waals surface area contributed by atoms with Crippen molar-refractivity contribution in [2.45, 2.75) is 336 Å². The third-order valence-electron chi connectivity index (χ3n) is 16.8. The van der Waals surface area contributed by atoms with E-state index < -0.39 is 124 Å². The molecule has 3 saturated heterocycles. The number of hydrogen-bond donors (Lipinski definition) is 12. The molecule has 0 saturated carbocycles. The summed E-state index contributed by atoms with van der Waals surface area (Å²) in [6, 6.07) is -0.989.